The maximum absolute atomic E-state index is 13.4. The van der Waals surface area contributed by atoms with Gasteiger partial charge >= 0.3 is 0 Å². The number of carbonyl (C=O) groups is 1. The number of halogens is 3. The highest BCUT2D eigenvalue weighted by Crippen LogP contribution is 2.24. The van der Waals surface area contributed by atoms with Crippen LogP contribution in [-0.2, 0) is 0 Å². The van der Waals surface area contributed by atoms with Crippen LogP contribution in [0.1, 0.15) is 42.5 Å². The van der Waals surface area contributed by atoms with E-state index in [1.54, 1.807) is 0 Å². The van der Waals surface area contributed by atoms with E-state index < -0.39 is 28.8 Å². The van der Waals surface area contributed by atoms with Gasteiger partial charge in [0.05, 0.1) is 5.56 Å². The standard InChI is InChI=1S/C14H13F3O/c15-11-7-6-10(13(16)14(11)17)12(18)8-9-4-2-1-3-5-9/h6-8H,1-5H2. The minimum absolute atomic E-state index is 0.410. The Morgan fingerprint density at radius 3 is 2.33 bits per heavy atom. The van der Waals surface area contributed by atoms with Crippen LogP contribution in [-0.4, -0.2) is 5.78 Å². The molecule has 1 aromatic rings. The van der Waals surface area contributed by atoms with E-state index in [4.69, 9.17) is 0 Å². The van der Waals surface area contributed by atoms with Crippen LogP contribution in [0.2, 0.25) is 0 Å². The number of ketones is 1. The molecular formula is C14H13F3O. The molecule has 0 radical (unpaired) electrons. The van der Waals surface area contributed by atoms with E-state index in [1.807, 2.05) is 0 Å². The van der Waals surface area contributed by atoms with Gasteiger partial charge in [-0.15, -0.1) is 0 Å². The van der Waals surface area contributed by atoms with Crippen molar-refractivity contribution in [3.8, 4) is 0 Å². The molecule has 0 bridgehead atoms. The molecule has 1 nitrogen and oxygen atoms in total. The lowest BCUT2D eigenvalue weighted by atomic mass is 9.93. The minimum atomic E-state index is -1.59. The van der Waals surface area contributed by atoms with Gasteiger partial charge in [0.1, 0.15) is 0 Å². The minimum Gasteiger partial charge on any atom is -0.289 e. The van der Waals surface area contributed by atoms with Gasteiger partial charge in [0.15, 0.2) is 23.2 Å². The lowest BCUT2D eigenvalue weighted by Crippen LogP contribution is -2.05. The van der Waals surface area contributed by atoms with Gasteiger partial charge in [-0.1, -0.05) is 12.0 Å². The summed E-state index contributed by atoms with van der Waals surface area (Å²) in [6.07, 6.45) is 6.15. The molecule has 2 rings (SSSR count). The van der Waals surface area contributed by atoms with Crippen molar-refractivity contribution >= 4 is 5.78 Å². The summed E-state index contributed by atoms with van der Waals surface area (Å²) in [4.78, 5) is 11.8. The molecule has 1 aliphatic carbocycles. The van der Waals surface area contributed by atoms with Crippen molar-refractivity contribution in [3.05, 3.63) is 46.8 Å². The van der Waals surface area contributed by atoms with Gasteiger partial charge in [-0.05, 0) is 43.9 Å². The number of carbonyl (C=O) groups excluding carboxylic acids is 1. The molecule has 0 amide bonds. The summed E-state index contributed by atoms with van der Waals surface area (Å²) in [5.74, 6) is -4.88. The molecule has 96 valence electrons. The first-order chi connectivity index (χ1) is 8.59. The third-order valence-corrected chi connectivity index (χ3v) is 3.13. The fourth-order valence-corrected chi connectivity index (χ4v) is 2.13. The van der Waals surface area contributed by atoms with Crippen LogP contribution in [0.15, 0.2) is 23.8 Å². The fraction of sp³-hybridized carbons (Fsp3) is 0.357. The normalized spacial score (nSPS) is 15.6. The summed E-state index contributed by atoms with van der Waals surface area (Å²) in [7, 11) is 0. The zero-order valence-electron chi connectivity index (χ0n) is 9.81. The van der Waals surface area contributed by atoms with Crippen molar-refractivity contribution in [2.45, 2.75) is 32.1 Å². The molecule has 1 aromatic carbocycles. The van der Waals surface area contributed by atoms with E-state index in [9.17, 15) is 18.0 Å². The number of benzene rings is 1. The zero-order chi connectivity index (χ0) is 13.1. The summed E-state index contributed by atoms with van der Waals surface area (Å²) in [6.45, 7) is 0. The number of allylic oxidation sites excluding steroid dienone is 2. The average Bonchev–Trinajstić information content (AvgIpc) is 2.37. The zero-order valence-corrected chi connectivity index (χ0v) is 9.81. The van der Waals surface area contributed by atoms with Crippen molar-refractivity contribution in [2.24, 2.45) is 0 Å². The molecule has 0 unspecified atom stereocenters. The Labute approximate surface area is 103 Å². The van der Waals surface area contributed by atoms with Crippen molar-refractivity contribution in [1.82, 2.24) is 0 Å². The van der Waals surface area contributed by atoms with Crippen LogP contribution in [0, 0.1) is 17.5 Å². The molecule has 0 spiro atoms. The Hall–Kier alpha value is -1.58. The average molecular weight is 254 g/mol. The van der Waals surface area contributed by atoms with Crippen molar-refractivity contribution in [1.29, 1.82) is 0 Å². The van der Waals surface area contributed by atoms with Crippen LogP contribution >= 0.6 is 0 Å². The molecule has 0 heterocycles. The van der Waals surface area contributed by atoms with Gasteiger partial charge in [0.2, 0.25) is 0 Å². The molecular weight excluding hydrogens is 241 g/mol. The van der Waals surface area contributed by atoms with Crippen molar-refractivity contribution in [2.75, 3.05) is 0 Å². The summed E-state index contributed by atoms with van der Waals surface area (Å²) < 4.78 is 39.1. The first kappa shape index (κ1) is 12.9. The molecule has 1 fully saturated rings. The largest absolute Gasteiger partial charge is 0.289 e. The van der Waals surface area contributed by atoms with Gasteiger partial charge in [-0.25, -0.2) is 13.2 Å². The quantitative estimate of drug-likeness (QED) is 0.439. The van der Waals surface area contributed by atoms with Gasteiger partial charge in [0, 0.05) is 0 Å². The molecule has 0 aromatic heterocycles. The Bertz CT molecular complexity index is 498. The SMILES string of the molecule is O=C(C=C1CCCCC1)c1ccc(F)c(F)c1F. The molecule has 1 saturated carbocycles. The van der Waals surface area contributed by atoms with Gasteiger partial charge in [-0.2, -0.15) is 0 Å². The van der Waals surface area contributed by atoms with Gasteiger partial charge in [0.25, 0.3) is 0 Å². The number of hydrogen-bond acceptors (Lipinski definition) is 1. The van der Waals surface area contributed by atoms with Gasteiger partial charge < -0.3 is 0 Å². The van der Waals surface area contributed by atoms with Crippen LogP contribution < -0.4 is 0 Å². The summed E-state index contributed by atoms with van der Waals surface area (Å²) in [5.41, 5.74) is 0.544. The topological polar surface area (TPSA) is 17.1 Å². The molecule has 0 aliphatic heterocycles. The highest BCUT2D eigenvalue weighted by atomic mass is 19.2. The van der Waals surface area contributed by atoms with E-state index in [0.717, 1.165) is 49.8 Å². The Morgan fingerprint density at radius 1 is 1.00 bits per heavy atom. The third-order valence-electron chi connectivity index (χ3n) is 3.13. The second-order valence-corrected chi connectivity index (χ2v) is 4.45. The monoisotopic (exact) mass is 254 g/mol. The van der Waals surface area contributed by atoms with E-state index in [-0.39, 0.29) is 0 Å². The molecule has 0 saturated heterocycles. The highest BCUT2D eigenvalue weighted by molar-refractivity contribution is 6.05. The number of hydrogen-bond donors (Lipinski definition) is 0. The van der Waals surface area contributed by atoms with Crippen LogP contribution in [0.4, 0.5) is 13.2 Å². The van der Waals surface area contributed by atoms with Crippen molar-refractivity contribution < 1.29 is 18.0 Å². The Morgan fingerprint density at radius 2 is 1.67 bits per heavy atom. The van der Waals surface area contributed by atoms with Gasteiger partial charge in [-0.3, -0.25) is 4.79 Å². The number of rotatable bonds is 2. The van der Waals surface area contributed by atoms with E-state index in [0.29, 0.717) is 0 Å². The van der Waals surface area contributed by atoms with Crippen LogP contribution in [0.5, 0.6) is 0 Å². The predicted octanol–water partition coefficient (Wildman–Crippen LogP) is 4.18. The maximum Gasteiger partial charge on any atom is 0.195 e. The lowest BCUT2D eigenvalue weighted by Gasteiger charge is -2.13. The molecule has 18 heavy (non-hydrogen) atoms. The fourth-order valence-electron chi connectivity index (χ4n) is 2.13. The lowest BCUT2D eigenvalue weighted by molar-refractivity contribution is 0.104. The second kappa shape index (κ2) is 5.38. The summed E-state index contributed by atoms with van der Waals surface area (Å²) in [6, 6.07) is 1.75. The second-order valence-electron chi connectivity index (χ2n) is 4.45. The smallest absolute Gasteiger partial charge is 0.195 e. The van der Waals surface area contributed by atoms with Crippen LogP contribution in [0.25, 0.3) is 0 Å². The highest BCUT2D eigenvalue weighted by Gasteiger charge is 2.18. The van der Waals surface area contributed by atoms with E-state index in [2.05, 4.69) is 0 Å². The van der Waals surface area contributed by atoms with E-state index in [1.165, 1.54) is 6.08 Å². The Kier molecular flexibility index (Phi) is 3.84. The van der Waals surface area contributed by atoms with Crippen molar-refractivity contribution in [3.63, 3.8) is 0 Å². The molecule has 0 N–H and O–H groups in total. The summed E-state index contributed by atoms with van der Waals surface area (Å²) >= 11 is 0. The van der Waals surface area contributed by atoms with Crippen LogP contribution in [0.3, 0.4) is 0 Å². The Balaban J connectivity index is 2.26. The first-order valence-corrected chi connectivity index (χ1v) is 5.97. The molecule has 0 atom stereocenters. The summed E-state index contributed by atoms with van der Waals surface area (Å²) in [5, 5.41) is 0. The molecule has 4 heteroatoms. The first-order valence-electron chi connectivity index (χ1n) is 5.97. The molecule has 1 aliphatic rings. The maximum atomic E-state index is 13.4. The predicted molar refractivity (Wildman–Crippen MR) is 61.8 cm³/mol. The third kappa shape index (κ3) is 2.63. The van der Waals surface area contributed by atoms with E-state index >= 15 is 0 Å².